The van der Waals surface area contributed by atoms with E-state index in [0.29, 0.717) is 16.6 Å². The monoisotopic (exact) mass is 253 g/mol. The van der Waals surface area contributed by atoms with Crippen molar-refractivity contribution in [3.05, 3.63) is 28.8 Å². The maximum absolute atomic E-state index is 11.3. The van der Waals surface area contributed by atoms with Gasteiger partial charge in [0.2, 0.25) is 0 Å². The molecule has 0 aliphatic heterocycles. The molecule has 0 saturated carbocycles. The molecule has 17 heavy (non-hydrogen) atoms. The summed E-state index contributed by atoms with van der Waals surface area (Å²) in [6.07, 6.45) is 1.07. The molecule has 0 fully saturated rings. The summed E-state index contributed by atoms with van der Waals surface area (Å²) in [4.78, 5) is 13.5. The van der Waals surface area contributed by atoms with Gasteiger partial charge in [0.25, 0.3) is 0 Å². The van der Waals surface area contributed by atoms with Crippen molar-refractivity contribution in [1.82, 2.24) is 0 Å². The van der Waals surface area contributed by atoms with Gasteiger partial charge in [-0.15, -0.1) is 0 Å². The topological polar surface area (TPSA) is 20.3 Å². The van der Waals surface area contributed by atoms with Gasteiger partial charge in [-0.3, -0.25) is 4.79 Å². The van der Waals surface area contributed by atoms with Crippen molar-refractivity contribution >= 4 is 23.1 Å². The number of benzene rings is 1. The summed E-state index contributed by atoms with van der Waals surface area (Å²) in [5.41, 5.74) is 1.67. The van der Waals surface area contributed by atoms with Crippen LogP contribution in [0.1, 0.15) is 44.5 Å². The van der Waals surface area contributed by atoms with E-state index in [1.54, 1.807) is 13.0 Å². The van der Waals surface area contributed by atoms with Gasteiger partial charge in [-0.1, -0.05) is 18.5 Å². The zero-order valence-corrected chi connectivity index (χ0v) is 11.7. The Morgan fingerprint density at radius 3 is 2.47 bits per heavy atom. The highest BCUT2D eigenvalue weighted by molar-refractivity contribution is 6.33. The van der Waals surface area contributed by atoms with Crippen molar-refractivity contribution in [3.63, 3.8) is 0 Å². The quantitative estimate of drug-likeness (QED) is 0.734. The van der Waals surface area contributed by atoms with E-state index in [1.165, 1.54) is 0 Å². The van der Waals surface area contributed by atoms with Gasteiger partial charge in [0.05, 0.1) is 10.7 Å². The number of ketones is 1. The van der Waals surface area contributed by atoms with Crippen LogP contribution in [-0.2, 0) is 0 Å². The summed E-state index contributed by atoms with van der Waals surface area (Å²) in [5.74, 6) is 0.0463. The highest BCUT2D eigenvalue weighted by Crippen LogP contribution is 2.29. The van der Waals surface area contributed by atoms with Crippen molar-refractivity contribution in [2.75, 3.05) is 11.4 Å². The fourth-order valence-electron chi connectivity index (χ4n) is 1.90. The third-order valence-corrected chi connectivity index (χ3v) is 3.43. The Morgan fingerprint density at radius 1 is 1.41 bits per heavy atom. The smallest absolute Gasteiger partial charge is 0.159 e. The van der Waals surface area contributed by atoms with E-state index in [2.05, 4.69) is 25.7 Å². The molecule has 0 aromatic heterocycles. The maximum atomic E-state index is 11.3. The summed E-state index contributed by atoms with van der Waals surface area (Å²) in [6.45, 7) is 8.91. The van der Waals surface area contributed by atoms with Crippen LogP contribution in [0.25, 0.3) is 0 Å². The van der Waals surface area contributed by atoms with Gasteiger partial charge in [-0.2, -0.15) is 0 Å². The molecule has 0 saturated heterocycles. The summed E-state index contributed by atoms with van der Waals surface area (Å²) in [5, 5.41) is 0.653. The Balaban J connectivity index is 3.09. The number of carbonyl (C=O) groups excluding carboxylic acids is 1. The lowest BCUT2D eigenvalue weighted by atomic mass is 10.1. The second kappa shape index (κ2) is 6.06. The van der Waals surface area contributed by atoms with Gasteiger partial charge >= 0.3 is 0 Å². The molecule has 0 bridgehead atoms. The molecule has 1 unspecified atom stereocenters. The van der Waals surface area contributed by atoms with Crippen LogP contribution in [0.4, 0.5) is 5.69 Å². The van der Waals surface area contributed by atoms with E-state index in [4.69, 9.17) is 11.6 Å². The van der Waals surface area contributed by atoms with Crippen LogP contribution in [0.3, 0.4) is 0 Å². The minimum absolute atomic E-state index is 0.0463. The van der Waals surface area contributed by atoms with Crippen LogP contribution in [-0.4, -0.2) is 18.4 Å². The molecule has 0 aliphatic carbocycles. The third kappa shape index (κ3) is 3.22. The van der Waals surface area contributed by atoms with E-state index >= 15 is 0 Å². The summed E-state index contributed by atoms with van der Waals surface area (Å²) >= 11 is 6.25. The average Bonchev–Trinajstić information content (AvgIpc) is 2.31. The first kappa shape index (κ1) is 14.0. The predicted molar refractivity (Wildman–Crippen MR) is 74.2 cm³/mol. The number of rotatable bonds is 5. The first-order chi connectivity index (χ1) is 8.01. The van der Waals surface area contributed by atoms with Gasteiger partial charge in [-0.25, -0.2) is 0 Å². The number of anilines is 1. The Kier molecular flexibility index (Phi) is 5.01. The molecule has 0 N–H and O–H groups in total. The van der Waals surface area contributed by atoms with Gasteiger partial charge in [0.15, 0.2) is 5.78 Å². The fraction of sp³-hybridized carbons (Fsp3) is 0.500. The van der Waals surface area contributed by atoms with E-state index in [9.17, 15) is 4.79 Å². The molecule has 0 radical (unpaired) electrons. The van der Waals surface area contributed by atoms with E-state index in [-0.39, 0.29) is 5.78 Å². The number of hydrogen-bond donors (Lipinski definition) is 0. The Morgan fingerprint density at radius 2 is 2.06 bits per heavy atom. The lowest BCUT2D eigenvalue weighted by Gasteiger charge is -2.30. The van der Waals surface area contributed by atoms with Crippen molar-refractivity contribution in [2.24, 2.45) is 0 Å². The Bertz CT molecular complexity index is 403. The van der Waals surface area contributed by atoms with Gasteiger partial charge in [0, 0.05) is 18.2 Å². The molecule has 3 heteroatoms. The normalized spacial score (nSPS) is 12.3. The molecule has 2 nitrogen and oxygen atoms in total. The van der Waals surface area contributed by atoms with E-state index in [0.717, 1.165) is 18.7 Å². The molecule has 1 aromatic carbocycles. The Hall–Kier alpha value is -1.02. The average molecular weight is 254 g/mol. The molecule has 1 aromatic rings. The summed E-state index contributed by atoms with van der Waals surface area (Å²) < 4.78 is 0. The van der Waals surface area contributed by atoms with Crippen LogP contribution in [0.15, 0.2) is 18.2 Å². The van der Waals surface area contributed by atoms with Crippen molar-refractivity contribution in [3.8, 4) is 0 Å². The molecular weight excluding hydrogens is 234 g/mol. The number of nitrogens with zero attached hydrogens (tertiary/aromatic N) is 1. The van der Waals surface area contributed by atoms with Gasteiger partial charge < -0.3 is 4.90 Å². The molecule has 1 rings (SSSR count). The number of halogens is 1. The largest absolute Gasteiger partial charge is 0.368 e. The molecule has 0 aliphatic rings. The third-order valence-electron chi connectivity index (χ3n) is 3.13. The van der Waals surface area contributed by atoms with E-state index < -0.39 is 0 Å². The number of carbonyl (C=O) groups is 1. The molecule has 0 amide bonds. The van der Waals surface area contributed by atoms with Crippen LogP contribution >= 0.6 is 11.6 Å². The van der Waals surface area contributed by atoms with Crippen molar-refractivity contribution in [1.29, 1.82) is 0 Å². The molecule has 0 heterocycles. The first-order valence-corrected chi connectivity index (χ1v) is 6.46. The van der Waals surface area contributed by atoms with Crippen molar-refractivity contribution < 1.29 is 4.79 Å². The number of hydrogen-bond acceptors (Lipinski definition) is 2. The van der Waals surface area contributed by atoms with Crippen LogP contribution in [0.2, 0.25) is 5.02 Å². The lowest BCUT2D eigenvalue weighted by molar-refractivity contribution is 0.101. The van der Waals surface area contributed by atoms with Crippen molar-refractivity contribution in [2.45, 2.75) is 40.2 Å². The SMILES string of the molecule is CCC(C)N(CC)c1ccc(C(C)=O)cc1Cl. The van der Waals surface area contributed by atoms with Gasteiger partial charge in [0.1, 0.15) is 0 Å². The first-order valence-electron chi connectivity index (χ1n) is 6.08. The molecule has 94 valence electrons. The summed E-state index contributed by atoms with van der Waals surface area (Å²) in [6, 6.07) is 5.98. The predicted octanol–water partition coefficient (Wildman–Crippen LogP) is 4.17. The Labute approximate surface area is 109 Å². The minimum Gasteiger partial charge on any atom is -0.368 e. The van der Waals surface area contributed by atoms with E-state index in [1.807, 2.05) is 12.1 Å². The molecule has 1 atom stereocenters. The second-order valence-electron chi connectivity index (χ2n) is 4.27. The maximum Gasteiger partial charge on any atom is 0.159 e. The van der Waals surface area contributed by atoms with Crippen LogP contribution < -0.4 is 4.90 Å². The van der Waals surface area contributed by atoms with Gasteiger partial charge in [-0.05, 0) is 45.4 Å². The molecule has 0 spiro atoms. The molecular formula is C14H20ClNO. The van der Waals surface area contributed by atoms with Crippen LogP contribution in [0.5, 0.6) is 0 Å². The zero-order valence-electron chi connectivity index (χ0n) is 11.0. The second-order valence-corrected chi connectivity index (χ2v) is 4.67. The van der Waals surface area contributed by atoms with Crippen LogP contribution in [0, 0.1) is 0 Å². The zero-order chi connectivity index (χ0) is 13.0. The lowest BCUT2D eigenvalue weighted by Crippen LogP contribution is -2.32. The highest BCUT2D eigenvalue weighted by atomic mass is 35.5. The standard InChI is InChI=1S/C14H20ClNO/c1-5-10(3)16(6-2)14-8-7-12(11(4)17)9-13(14)15/h7-10H,5-6H2,1-4H3. The minimum atomic E-state index is 0.0463. The summed E-state index contributed by atoms with van der Waals surface area (Å²) in [7, 11) is 0. The fourth-order valence-corrected chi connectivity index (χ4v) is 2.19. The number of Topliss-reactive ketones (excluding diaryl/α,β-unsaturated/α-hetero) is 1. The highest BCUT2D eigenvalue weighted by Gasteiger charge is 2.14.